The van der Waals surface area contributed by atoms with E-state index < -0.39 is 0 Å². The maximum Gasteiger partial charge on any atom is 0.336 e. The Kier molecular flexibility index (Phi) is 5.68. The quantitative estimate of drug-likeness (QED) is 0.329. The molecule has 0 bridgehead atoms. The van der Waals surface area contributed by atoms with Crippen LogP contribution in [0.2, 0.25) is 0 Å². The molecule has 0 radical (unpaired) electrons. The molecule has 1 aromatic heterocycles. The molecule has 3 nitrogen and oxygen atoms in total. The van der Waals surface area contributed by atoms with Crippen LogP contribution >= 0.6 is 0 Å². The van der Waals surface area contributed by atoms with Crippen molar-refractivity contribution in [3.8, 4) is 23.0 Å². The van der Waals surface area contributed by atoms with Crippen LogP contribution in [0.3, 0.4) is 0 Å². The third-order valence-corrected chi connectivity index (χ3v) is 5.18. The summed E-state index contributed by atoms with van der Waals surface area (Å²) in [6.07, 6.45) is 0. The third-order valence-electron chi connectivity index (χ3n) is 5.18. The lowest BCUT2D eigenvalue weighted by molar-refractivity contribution is 0.561. The van der Waals surface area contributed by atoms with Crippen molar-refractivity contribution in [3.05, 3.63) is 100 Å². The number of nitrogens with zero attached hydrogens (tertiary/aromatic N) is 1. The van der Waals surface area contributed by atoms with Gasteiger partial charge < -0.3 is 9.32 Å². The van der Waals surface area contributed by atoms with E-state index in [9.17, 15) is 4.79 Å². The highest BCUT2D eigenvalue weighted by Gasteiger charge is 2.10. The average molecular weight is 393 g/mol. The zero-order valence-corrected chi connectivity index (χ0v) is 17.2. The fraction of sp³-hybridized carbons (Fsp3) is 0.148. The largest absolute Gasteiger partial charge is 0.423 e. The summed E-state index contributed by atoms with van der Waals surface area (Å²) in [7, 11) is 0. The molecular formula is C27H23NO2. The maximum absolute atomic E-state index is 12.2. The molecule has 0 N–H and O–H groups in total. The smallest absolute Gasteiger partial charge is 0.336 e. The second kappa shape index (κ2) is 8.71. The zero-order chi connectivity index (χ0) is 20.9. The molecule has 3 aromatic carbocycles. The molecule has 30 heavy (non-hydrogen) atoms. The molecule has 1 heterocycles. The van der Waals surface area contributed by atoms with Crippen LogP contribution in [-0.2, 0) is 0 Å². The highest BCUT2D eigenvalue weighted by atomic mass is 16.4. The summed E-state index contributed by atoms with van der Waals surface area (Å²) in [5, 5.41) is 0.925. The van der Waals surface area contributed by atoms with Gasteiger partial charge in [-0.3, -0.25) is 0 Å². The van der Waals surface area contributed by atoms with Crippen molar-refractivity contribution in [2.45, 2.75) is 13.8 Å². The van der Waals surface area contributed by atoms with Crippen molar-refractivity contribution in [3.63, 3.8) is 0 Å². The van der Waals surface area contributed by atoms with Crippen molar-refractivity contribution in [2.75, 3.05) is 18.0 Å². The Bertz CT molecular complexity index is 1270. The second-order valence-corrected chi connectivity index (χ2v) is 7.03. The molecule has 4 aromatic rings. The van der Waals surface area contributed by atoms with Gasteiger partial charge in [0.25, 0.3) is 0 Å². The Morgan fingerprint density at radius 2 is 1.47 bits per heavy atom. The van der Waals surface area contributed by atoms with Gasteiger partial charge in [0, 0.05) is 47.4 Å². The first-order chi connectivity index (χ1) is 14.7. The van der Waals surface area contributed by atoms with Gasteiger partial charge in [0.15, 0.2) is 0 Å². The summed E-state index contributed by atoms with van der Waals surface area (Å²) in [4.78, 5) is 14.4. The standard InChI is InChI=1S/C27H23NO2/c1-3-28(4-2)23-16-17-24-25(19-27(29)30-26(24)18-23)22-14-12-21(13-15-22)11-10-20-8-6-5-7-9-20/h5-9,12-19H,3-4H2,1-2H3. The van der Waals surface area contributed by atoms with E-state index in [2.05, 4.69) is 36.7 Å². The van der Waals surface area contributed by atoms with Crippen LogP contribution in [0.15, 0.2) is 88.1 Å². The number of hydrogen-bond acceptors (Lipinski definition) is 3. The average Bonchev–Trinajstić information content (AvgIpc) is 2.79. The van der Waals surface area contributed by atoms with Gasteiger partial charge in [-0.05, 0) is 61.4 Å². The topological polar surface area (TPSA) is 33.5 Å². The minimum Gasteiger partial charge on any atom is -0.423 e. The van der Waals surface area contributed by atoms with E-state index in [4.69, 9.17) is 4.42 Å². The summed E-state index contributed by atoms with van der Waals surface area (Å²) in [5.74, 6) is 6.35. The molecule has 0 aliphatic heterocycles. The molecular weight excluding hydrogens is 370 g/mol. The molecule has 0 unspecified atom stereocenters. The van der Waals surface area contributed by atoms with Gasteiger partial charge in [0.2, 0.25) is 0 Å². The fourth-order valence-electron chi connectivity index (χ4n) is 3.57. The number of benzene rings is 3. The highest BCUT2D eigenvalue weighted by molar-refractivity contribution is 5.94. The zero-order valence-electron chi connectivity index (χ0n) is 17.2. The lowest BCUT2D eigenvalue weighted by atomic mass is 10.0. The third kappa shape index (κ3) is 4.14. The molecule has 0 atom stereocenters. The second-order valence-electron chi connectivity index (χ2n) is 7.03. The van der Waals surface area contributed by atoms with Gasteiger partial charge in [-0.2, -0.15) is 0 Å². The molecule has 0 aliphatic carbocycles. The molecule has 0 aliphatic rings. The Morgan fingerprint density at radius 3 is 2.13 bits per heavy atom. The van der Waals surface area contributed by atoms with E-state index in [0.29, 0.717) is 5.58 Å². The van der Waals surface area contributed by atoms with Gasteiger partial charge >= 0.3 is 5.63 Å². The van der Waals surface area contributed by atoms with Crippen molar-refractivity contribution in [2.24, 2.45) is 0 Å². The fourth-order valence-corrected chi connectivity index (χ4v) is 3.57. The molecule has 0 saturated carbocycles. The number of fused-ring (bicyclic) bond motifs is 1. The predicted molar refractivity (Wildman–Crippen MR) is 124 cm³/mol. The summed E-state index contributed by atoms with van der Waals surface area (Å²) < 4.78 is 5.51. The van der Waals surface area contributed by atoms with E-state index in [-0.39, 0.29) is 5.63 Å². The van der Waals surface area contributed by atoms with Gasteiger partial charge in [0.1, 0.15) is 5.58 Å². The Balaban J connectivity index is 1.70. The number of hydrogen-bond donors (Lipinski definition) is 0. The molecule has 0 amide bonds. The summed E-state index contributed by atoms with van der Waals surface area (Å²) in [6, 6.07) is 25.5. The van der Waals surface area contributed by atoms with Crippen LogP contribution in [0.5, 0.6) is 0 Å². The summed E-state index contributed by atoms with van der Waals surface area (Å²) >= 11 is 0. The molecule has 3 heteroatoms. The first-order valence-corrected chi connectivity index (χ1v) is 10.2. The van der Waals surface area contributed by atoms with Crippen molar-refractivity contribution >= 4 is 16.7 Å². The van der Waals surface area contributed by atoms with Gasteiger partial charge in [-0.25, -0.2) is 4.79 Å². The van der Waals surface area contributed by atoms with E-state index in [1.807, 2.05) is 66.7 Å². The van der Waals surface area contributed by atoms with Crippen LogP contribution in [0.25, 0.3) is 22.1 Å². The minimum absolute atomic E-state index is 0.345. The van der Waals surface area contributed by atoms with Crippen LogP contribution in [0.1, 0.15) is 25.0 Å². The minimum atomic E-state index is -0.345. The van der Waals surface area contributed by atoms with Gasteiger partial charge in [-0.15, -0.1) is 0 Å². The van der Waals surface area contributed by atoms with Crippen molar-refractivity contribution in [1.29, 1.82) is 0 Å². The predicted octanol–water partition coefficient (Wildman–Crippen LogP) is 5.71. The summed E-state index contributed by atoms with van der Waals surface area (Å²) in [5.41, 5.74) is 5.07. The van der Waals surface area contributed by atoms with E-state index in [1.54, 1.807) is 6.07 Å². The Hall–Kier alpha value is -3.77. The lowest BCUT2D eigenvalue weighted by Crippen LogP contribution is -2.21. The van der Waals surface area contributed by atoms with E-state index in [0.717, 1.165) is 46.4 Å². The number of anilines is 1. The van der Waals surface area contributed by atoms with Crippen LogP contribution in [0, 0.1) is 11.8 Å². The SMILES string of the molecule is CCN(CC)c1ccc2c(-c3ccc(C#Cc4ccccc4)cc3)cc(=O)oc2c1. The Morgan fingerprint density at radius 1 is 0.800 bits per heavy atom. The first kappa shape index (κ1) is 19.5. The van der Waals surface area contributed by atoms with Gasteiger partial charge in [0.05, 0.1) is 0 Å². The molecule has 4 rings (SSSR count). The maximum atomic E-state index is 12.2. The monoisotopic (exact) mass is 393 g/mol. The van der Waals surface area contributed by atoms with E-state index in [1.165, 1.54) is 0 Å². The molecule has 0 fully saturated rings. The van der Waals surface area contributed by atoms with Crippen molar-refractivity contribution < 1.29 is 4.42 Å². The van der Waals surface area contributed by atoms with Gasteiger partial charge in [-0.1, -0.05) is 42.2 Å². The van der Waals surface area contributed by atoms with Crippen molar-refractivity contribution in [1.82, 2.24) is 0 Å². The number of rotatable bonds is 4. The Labute approximate surface area is 176 Å². The highest BCUT2D eigenvalue weighted by Crippen LogP contribution is 2.30. The lowest BCUT2D eigenvalue weighted by Gasteiger charge is -2.21. The normalized spacial score (nSPS) is 10.5. The van der Waals surface area contributed by atoms with Crippen LogP contribution in [0.4, 0.5) is 5.69 Å². The van der Waals surface area contributed by atoms with Crippen LogP contribution in [-0.4, -0.2) is 13.1 Å². The van der Waals surface area contributed by atoms with Crippen LogP contribution < -0.4 is 10.5 Å². The molecule has 0 saturated heterocycles. The van der Waals surface area contributed by atoms with E-state index >= 15 is 0 Å². The molecule has 148 valence electrons. The summed E-state index contributed by atoms with van der Waals surface area (Å²) in [6.45, 7) is 6.03. The first-order valence-electron chi connectivity index (χ1n) is 10.2. The molecule has 0 spiro atoms.